The molecule has 0 aliphatic heterocycles. The number of esters is 1. The second-order valence-corrected chi connectivity index (χ2v) is 3.28. The largest absolute Gasteiger partial charge is 0.480 e. The van der Waals surface area contributed by atoms with Crippen molar-refractivity contribution in [2.24, 2.45) is 0 Å². The van der Waals surface area contributed by atoms with Crippen molar-refractivity contribution in [3.63, 3.8) is 0 Å². The maximum Gasteiger partial charge on any atom is 0.345 e. The van der Waals surface area contributed by atoms with E-state index in [-0.39, 0.29) is 18.0 Å². The summed E-state index contributed by atoms with van der Waals surface area (Å²) in [4.78, 5) is 35.8. The van der Waals surface area contributed by atoms with Crippen molar-refractivity contribution in [2.75, 3.05) is 18.5 Å². The van der Waals surface area contributed by atoms with E-state index in [9.17, 15) is 19.7 Å². The third-order valence-electron chi connectivity index (χ3n) is 2.01. The van der Waals surface area contributed by atoms with Crippen LogP contribution < -0.4 is 5.32 Å². The van der Waals surface area contributed by atoms with Gasteiger partial charge in [0.1, 0.15) is 12.1 Å². The van der Waals surface area contributed by atoms with E-state index in [0.29, 0.717) is 0 Å². The molecule has 0 aliphatic carbocycles. The number of pyridine rings is 1. The maximum absolute atomic E-state index is 11.6. The van der Waals surface area contributed by atoms with Crippen LogP contribution in [0.5, 0.6) is 0 Å². The fourth-order valence-corrected chi connectivity index (χ4v) is 1.30. The highest BCUT2D eigenvalue weighted by Gasteiger charge is 2.26. The number of nitrogens with one attached hydrogen (secondary N) is 1. The van der Waals surface area contributed by atoms with Gasteiger partial charge in [-0.05, 0) is 13.0 Å². The van der Waals surface area contributed by atoms with Gasteiger partial charge in [-0.25, -0.2) is 9.78 Å². The van der Waals surface area contributed by atoms with Crippen LogP contribution in [0.1, 0.15) is 17.3 Å². The molecule has 0 bridgehead atoms. The standard InChI is InChI=1S/C10H11N3O6/c1-2-19-10(16)6-3-4-11-9(8(6)13(17)18)12-5-7(14)15/h3-4H,2,5H2,1H3,(H,11,12)(H,14,15). The first-order valence-electron chi connectivity index (χ1n) is 5.23. The first-order valence-corrected chi connectivity index (χ1v) is 5.23. The monoisotopic (exact) mass is 269 g/mol. The molecule has 9 nitrogen and oxygen atoms in total. The minimum Gasteiger partial charge on any atom is -0.480 e. The van der Waals surface area contributed by atoms with Gasteiger partial charge in [0.2, 0.25) is 5.82 Å². The molecule has 9 heteroatoms. The number of rotatable bonds is 6. The number of anilines is 1. The quantitative estimate of drug-likeness (QED) is 0.437. The lowest BCUT2D eigenvalue weighted by atomic mass is 10.2. The molecule has 0 spiro atoms. The van der Waals surface area contributed by atoms with Crippen molar-refractivity contribution in [2.45, 2.75) is 6.92 Å². The number of aliphatic carboxylic acids is 1. The highest BCUT2D eigenvalue weighted by atomic mass is 16.6. The number of hydrogen-bond donors (Lipinski definition) is 2. The zero-order valence-corrected chi connectivity index (χ0v) is 9.95. The lowest BCUT2D eigenvalue weighted by Crippen LogP contribution is -2.16. The number of hydrogen-bond acceptors (Lipinski definition) is 7. The molecule has 0 aliphatic rings. The van der Waals surface area contributed by atoms with E-state index in [4.69, 9.17) is 5.11 Å². The summed E-state index contributed by atoms with van der Waals surface area (Å²) < 4.78 is 4.68. The number of nitrogens with zero attached hydrogens (tertiary/aromatic N) is 2. The van der Waals surface area contributed by atoms with Gasteiger partial charge < -0.3 is 15.2 Å². The van der Waals surface area contributed by atoms with Crippen LogP contribution in [-0.2, 0) is 9.53 Å². The fourth-order valence-electron chi connectivity index (χ4n) is 1.30. The molecule has 1 heterocycles. The smallest absolute Gasteiger partial charge is 0.345 e. The summed E-state index contributed by atoms with van der Waals surface area (Å²) in [6.45, 7) is 1.07. The maximum atomic E-state index is 11.6. The van der Waals surface area contributed by atoms with Crippen LogP contribution in [0, 0.1) is 10.1 Å². The van der Waals surface area contributed by atoms with Gasteiger partial charge in [0.05, 0.1) is 11.5 Å². The zero-order valence-electron chi connectivity index (χ0n) is 9.95. The Bertz CT molecular complexity index is 516. The van der Waals surface area contributed by atoms with E-state index < -0.39 is 29.1 Å². The van der Waals surface area contributed by atoms with Gasteiger partial charge in [-0.15, -0.1) is 0 Å². The average Bonchev–Trinajstić information content (AvgIpc) is 2.35. The van der Waals surface area contributed by atoms with E-state index >= 15 is 0 Å². The molecular weight excluding hydrogens is 258 g/mol. The Morgan fingerprint density at radius 1 is 1.58 bits per heavy atom. The minimum atomic E-state index is -1.21. The Morgan fingerprint density at radius 2 is 2.26 bits per heavy atom. The molecule has 1 rings (SSSR count). The molecule has 0 saturated heterocycles. The Hall–Kier alpha value is -2.71. The van der Waals surface area contributed by atoms with E-state index in [0.717, 1.165) is 12.3 Å². The number of aromatic nitrogens is 1. The van der Waals surface area contributed by atoms with Gasteiger partial charge >= 0.3 is 17.6 Å². The molecule has 0 amide bonds. The van der Waals surface area contributed by atoms with E-state index in [1.807, 2.05) is 0 Å². The predicted octanol–water partition coefficient (Wildman–Crippen LogP) is 0.663. The van der Waals surface area contributed by atoms with Crippen LogP contribution in [0.15, 0.2) is 12.3 Å². The van der Waals surface area contributed by atoms with Crippen molar-refractivity contribution < 1.29 is 24.4 Å². The van der Waals surface area contributed by atoms with Gasteiger partial charge in [0, 0.05) is 6.20 Å². The second-order valence-electron chi connectivity index (χ2n) is 3.28. The molecule has 0 aromatic carbocycles. The number of nitro groups is 1. The molecule has 102 valence electrons. The Kier molecular flexibility index (Phi) is 4.75. The molecule has 0 unspecified atom stereocenters. The summed E-state index contributed by atoms with van der Waals surface area (Å²) in [6, 6.07) is 1.14. The molecule has 0 fully saturated rings. The van der Waals surface area contributed by atoms with Gasteiger partial charge in [0.15, 0.2) is 0 Å². The average molecular weight is 269 g/mol. The van der Waals surface area contributed by atoms with Crippen LogP contribution >= 0.6 is 0 Å². The first-order chi connectivity index (χ1) is 8.97. The number of carbonyl (C=O) groups excluding carboxylic acids is 1. The summed E-state index contributed by atoms with van der Waals surface area (Å²) in [5, 5.41) is 21.8. The van der Waals surface area contributed by atoms with Gasteiger partial charge in [-0.3, -0.25) is 14.9 Å². The summed E-state index contributed by atoms with van der Waals surface area (Å²) in [6.07, 6.45) is 1.16. The fraction of sp³-hybridized carbons (Fsp3) is 0.300. The van der Waals surface area contributed by atoms with Crippen LogP contribution in [0.3, 0.4) is 0 Å². The SMILES string of the molecule is CCOC(=O)c1ccnc(NCC(=O)O)c1[N+](=O)[O-]. The van der Waals surface area contributed by atoms with Crippen LogP contribution in [0.4, 0.5) is 11.5 Å². The Labute approximate surface area is 107 Å². The minimum absolute atomic E-state index is 0.0657. The highest BCUT2D eigenvalue weighted by Crippen LogP contribution is 2.26. The number of carboxylic acid groups (broad SMARTS) is 1. The van der Waals surface area contributed by atoms with Crippen molar-refractivity contribution in [1.82, 2.24) is 4.98 Å². The number of carboxylic acids is 1. The van der Waals surface area contributed by atoms with E-state index in [1.54, 1.807) is 6.92 Å². The molecule has 1 aromatic heterocycles. The molecule has 0 radical (unpaired) electrons. The molecule has 0 saturated carbocycles. The summed E-state index contributed by atoms with van der Waals surface area (Å²) >= 11 is 0. The van der Waals surface area contributed by atoms with Gasteiger partial charge in [-0.1, -0.05) is 0 Å². The Balaban J connectivity index is 3.17. The third-order valence-corrected chi connectivity index (χ3v) is 2.01. The highest BCUT2D eigenvalue weighted by molar-refractivity contribution is 5.96. The molecule has 19 heavy (non-hydrogen) atoms. The number of carbonyl (C=O) groups is 2. The molecule has 0 atom stereocenters. The van der Waals surface area contributed by atoms with Gasteiger partial charge in [-0.2, -0.15) is 0 Å². The lowest BCUT2D eigenvalue weighted by molar-refractivity contribution is -0.384. The van der Waals surface area contributed by atoms with Crippen molar-refractivity contribution in [3.05, 3.63) is 27.9 Å². The molecule has 2 N–H and O–H groups in total. The van der Waals surface area contributed by atoms with Crippen LogP contribution in [-0.4, -0.2) is 40.1 Å². The zero-order chi connectivity index (χ0) is 14.4. The number of ether oxygens (including phenoxy) is 1. The molecule has 1 aromatic rings. The summed E-state index contributed by atoms with van der Waals surface area (Å²) in [5.41, 5.74) is -0.892. The van der Waals surface area contributed by atoms with Crippen LogP contribution in [0.2, 0.25) is 0 Å². The lowest BCUT2D eigenvalue weighted by Gasteiger charge is -2.07. The summed E-state index contributed by atoms with van der Waals surface area (Å²) in [7, 11) is 0. The van der Waals surface area contributed by atoms with Gasteiger partial charge in [0.25, 0.3) is 0 Å². The third kappa shape index (κ3) is 3.63. The molecular formula is C10H11N3O6. The summed E-state index contributed by atoms with van der Waals surface area (Å²) in [5.74, 6) is -2.37. The topological polar surface area (TPSA) is 132 Å². The van der Waals surface area contributed by atoms with E-state index in [1.165, 1.54) is 0 Å². The normalized spacial score (nSPS) is 9.74. The predicted molar refractivity (Wildman–Crippen MR) is 63.0 cm³/mol. The van der Waals surface area contributed by atoms with E-state index in [2.05, 4.69) is 15.0 Å². The van der Waals surface area contributed by atoms with Crippen LogP contribution in [0.25, 0.3) is 0 Å². The Morgan fingerprint density at radius 3 is 2.79 bits per heavy atom. The van der Waals surface area contributed by atoms with Crippen molar-refractivity contribution >= 4 is 23.4 Å². The van der Waals surface area contributed by atoms with Crippen molar-refractivity contribution in [1.29, 1.82) is 0 Å². The van der Waals surface area contributed by atoms with Crippen molar-refractivity contribution in [3.8, 4) is 0 Å². The first kappa shape index (κ1) is 14.4. The second kappa shape index (κ2) is 6.28.